The second-order valence-electron chi connectivity index (χ2n) is 6.64. The summed E-state index contributed by atoms with van der Waals surface area (Å²) < 4.78 is 6.52. The minimum absolute atomic E-state index is 0.310. The average molecular weight is 346 g/mol. The molecule has 2 aromatic rings. The van der Waals surface area contributed by atoms with Crippen LogP contribution in [0.25, 0.3) is 6.08 Å². The quantitative estimate of drug-likeness (QED) is 0.622. The minimum atomic E-state index is -0.627. The van der Waals surface area contributed by atoms with Crippen LogP contribution in [0.2, 0.25) is 10.0 Å². The Balaban J connectivity index is 1.94. The lowest BCUT2D eigenvalue weighted by Gasteiger charge is -2.45. The van der Waals surface area contributed by atoms with E-state index < -0.39 is 5.72 Å². The molecular formula is C19H17Cl2NO. The molecule has 4 heteroatoms. The number of benzene rings is 2. The number of hydrogen-bond donors (Lipinski definition) is 0. The number of rotatable bonds is 0. The van der Waals surface area contributed by atoms with Gasteiger partial charge in [0.1, 0.15) is 5.75 Å². The van der Waals surface area contributed by atoms with E-state index in [1.54, 1.807) is 6.07 Å². The zero-order valence-electron chi connectivity index (χ0n) is 13.2. The second-order valence-corrected chi connectivity index (χ2v) is 7.48. The molecule has 4 rings (SSSR count). The SMILES string of the molecule is CN1c2c(Cl)cc(Cl)cc2C(C)(C)C12C=Cc1ccccc1O2. The van der Waals surface area contributed by atoms with Crippen molar-refractivity contribution in [2.75, 3.05) is 11.9 Å². The van der Waals surface area contributed by atoms with Crippen molar-refractivity contribution in [1.29, 1.82) is 0 Å². The van der Waals surface area contributed by atoms with Gasteiger partial charge in [-0.15, -0.1) is 0 Å². The molecule has 0 N–H and O–H groups in total. The number of anilines is 1. The van der Waals surface area contributed by atoms with Crippen LogP contribution in [0, 0.1) is 0 Å². The highest BCUT2D eigenvalue weighted by Gasteiger charge is 2.58. The van der Waals surface area contributed by atoms with E-state index in [-0.39, 0.29) is 5.41 Å². The van der Waals surface area contributed by atoms with E-state index in [1.807, 2.05) is 31.3 Å². The predicted octanol–water partition coefficient (Wildman–Crippen LogP) is 5.52. The van der Waals surface area contributed by atoms with E-state index in [1.165, 1.54) is 0 Å². The minimum Gasteiger partial charge on any atom is -0.463 e. The summed E-state index contributed by atoms with van der Waals surface area (Å²) in [7, 11) is 2.02. The molecule has 118 valence electrons. The average Bonchev–Trinajstić information content (AvgIpc) is 2.66. The summed E-state index contributed by atoms with van der Waals surface area (Å²) in [6.45, 7) is 4.33. The molecule has 0 amide bonds. The lowest BCUT2D eigenvalue weighted by molar-refractivity contribution is 0.0582. The van der Waals surface area contributed by atoms with Crippen LogP contribution in [0.4, 0.5) is 5.69 Å². The van der Waals surface area contributed by atoms with E-state index in [9.17, 15) is 0 Å². The monoisotopic (exact) mass is 345 g/mol. The van der Waals surface area contributed by atoms with Crippen molar-refractivity contribution in [3.05, 3.63) is 63.6 Å². The third kappa shape index (κ3) is 1.82. The Morgan fingerprint density at radius 2 is 1.83 bits per heavy atom. The molecule has 1 atom stereocenters. The molecule has 0 saturated carbocycles. The van der Waals surface area contributed by atoms with Crippen LogP contribution in [0.1, 0.15) is 25.0 Å². The Labute approximate surface area is 146 Å². The zero-order chi connectivity index (χ0) is 16.4. The summed E-state index contributed by atoms with van der Waals surface area (Å²) in [5.41, 5.74) is 2.22. The van der Waals surface area contributed by atoms with E-state index in [0.717, 1.165) is 22.6 Å². The molecule has 2 aliphatic rings. The maximum absolute atomic E-state index is 6.52. The van der Waals surface area contributed by atoms with Gasteiger partial charge >= 0.3 is 0 Å². The van der Waals surface area contributed by atoms with Gasteiger partial charge in [0, 0.05) is 17.6 Å². The van der Waals surface area contributed by atoms with Crippen LogP contribution in [0.5, 0.6) is 5.75 Å². The Bertz CT molecular complexity index is 843. The second kappa shape index (κ2) is 4.68. The molecule has 1 spiro atoms. The van der Waals surface area contributed by atoms with Gasteiger partial charge < -0.3 is 9.64 Å². The number of hydrogen-bond acceptors (Lipinski definition) is 2. The molecule has 0 bridgehead atoms. The van der Waals surface area contributed by atoms with Crippen LogP contribution in [0.3, 0.4) is 0 Å². The van der Waals surface area contributed by atoms with Gasteiger partial charge in [0.15, 0.2) is 0 Å². The van der Waals surface area contributed by atoms with E-state index in [4.69, 9.17) is 27.9 Å². The van der Waals surface area contributed by atoms with Gasteiger partial charge in [0.2, 0.25) is 5.72 Å². The molecule has 1 unspecified atom stereocenters. The third-order valence-corrected chi connectivity index (χ3v) is 5.61. The van der Waals surface area contributed by atoms with Gasteiger partial charge in [-0.25, -0.2) is 0 Å². The molecule has 0 fully saturated rings. The first kappa shape index (κ1) is 14.9. The fourth-order valence-corrected chi connectivity index (χ4v) is 4.41. The molecule has 23 heavy (non-hydrogen) atoms. The van der Waals surface area contributed by atoms with E-state index in [2.05, 4.69) is 37.0 Å². The summed E-state index contributed by atoms with van der Waals surface area (Å²) in [4.78, 5) is 2.12. The van der Waals surface area contributed by atoms with Gasteiger partial charge in [0.05, 0.1) is 16.1 Å². The highest BCUT2D eigenvalue weighted by atomic mass is 35.5. The Hall–Kier alpha value is -1.64. The number of halogens is 2. The topological polar surface area (TPSA) is 12.5 Å². The van der Waals surface area contributed by atoms with Gasteiger partial charge in [-0.1, -0.05) is 41.4 Å². The van der Waals surface area contributed by atoms with Crippen molar-refractivity contribution < 1.29 is 4.74 Å². The van der Waals surface area contributed by atoms with Crippen molar-refractivity contribution in [2.45, 2.75) is 25.0 Å². The normalized spacial score (nSPS) is 23.6. The highest BCUT2D eigenvalue weighted by molar-refractivity contribution is 6.36. The molecular weight excluding hydrogens is 329 g/mol. The maximum Gasteiger partial charge on any atom is 0.211 e. The van der Waals surface area contributed by atoms with Crippen LogP contribution in [-0.2, 0) is 5.41 Å². The van der Waals surface area contributed by atoms with E-state index in [0.29, 0.717) is 10.0 Å². The van der Waals surface area contributed by atoms with Crippen LogP contribution >= 0.6 is 23.2 Å². The molecule has 0 saturated heterocycles. The van der Waals surface area contributed by atoms with Gasteiger partial charge in [-0.2, -0.15) is 0 Å². The summed E-state index contributed by atoms with van der Waals surface area (Å²) in [5.74, 6) is 0.880. The lowest BCUT2D eigenvalue weighted by atomic mass is 9.76. The lowest BCUT2D eigenvalue weighted by Crippen LogP contribution is -2.58. The summed E-state index contributed by atoms with van der Waals surface area (Å²) in [6.07, 6.45) is 4.25. The van der Waals surface area contributed by atoms with Gasteiger partial charge in [-0.05, 0) is 49.8 Å². The van der Waals surface area contributed by atoms with Crippen LogP contribution in [-0.4, -0.2) is 12.8 Å². The van der Waals surface area contributed by atoms with Crippen molar-refractivity contribution in [2.24, 2.45) is 0 Å². The summed E-state index contributed by atoms with van der Waals surface area (Å²) >= 11 is 12.7. The molecule has 0 aromatic heterocycles. The molecule has 0 aliphatic carbocycles. The number of fused-ring (bicyclic) bond motifs is 2. The Kier molecular flexibility index (Phi) is 3.04. The highest BCUT2D eigenvalue weighted by Crippen LogP contribution is 2.56. The van der Waals surface area contributed by atoms with Crippen LogP contribution < -0.4 is 9.64 Å². The van der Waals surface area contributed by atoms with Crippen molar-refractivity contribution in [1.82, 2.24) is 0 Å². The van der Waals surface area contributed by atoms with Gasteiger partial charge in [-0.3, -0.25) is 0 Å². The Morgan fingerprint density at radius 1 is 1.09 bits per heavy atom. The first-order valence-corrected chi connectivity index (χ1v) is 8.33. The maximum atomic E-state index is 6.52. The zero-order valence-corrected chi connectivity index (χ0v) is 14.7. The number of nitrogens with zero attached hydrogens (tertiary/aromatic N) is 1. The van der Waals surface area contributed by atoms with Crippen molar-refractivity contribution >= 4 is 35.0 Å². The fourth-order valence-electron chi connectivity index (χ4n) is 3.79. The molecule has 0 radical (unpaired) electrons. The first-order valence-electron chi connectivity index (χ1n) is 7.57. The summed E-state index contributed by atoms with van der Waals surface area (Å²) in [5, 5.41) is 1.29. The predicted molar refractivity (Wildman–Crippen MR) is 96.7 cm³/mol. The number of likely N-dealkylation sites (N-methyl/N-ethyl adjacent to an activating group) is 1. The summed E-state index contributed by atoms with van der Waals surface area (Å²) in [6, 6.07) is 11.8. The molecule has 2 aromatic carbocycles. The molecule has 2 nitrogen and oxygen atoms in total. The first-order chi connectivity index (χ1) is 10.9. The molecule has 2 heterocycles. The van der Waals surface area contributed by atoms with E-state index >= 15 is 0 Å². The van der Waals surface area contributed by atoms with Crippen molar-refractivity contribution in [3.8, 4) is 5.75 Å². The largest absolute Gasteiger partial charge is 0.463 e. The van der Waals surface area contributed by atoms with Crippen molar-refractivity contribution in [3.63, 3.8) is 0 Å². The smallest absolute Gasteiger partial charge is 0.211 e. The standard InChI is InChI=1S/C19H17Cl2NO/c1-18(2)14-10-13(20)11-15(21)17(14)22(3)19(18)9-8-12-6-4-5-7-16(12)23-19/h4-11H,1-3H3. The van der Waals surface area contributed by atoms with Gasteiger partial charge in [0.25, 0.3) is 0 Å². The third-order valence-electron chi connectivity index (χ3n) is 5.10. The fraction of sp³-hybridized carbons (Fsp3) is 0.263. The van der Waals surface area contributed by atoms with Crippen LogP contribution in [0.15, 0.2) is 42.5 Å². The Morgan fingerprint density at radius 3 is 2.61 bits per heavy atom. The molecule has 2 aliphatic heterocycles. The number of para-hydroxylation sites is 1. The number of ether oxygens (including phenoxy) is 1.